The maximum Gasteiger partial charge on any atom is 0.305 e. The van der Waals surface area contributed by atoms with Gasteiger partial charge in [0.2, 0.25) is 11.8 Å². The van der Waals surface area contributed by atoms with Gasteiger partial charge in [-0.15, -0.1) is 0 Å². The molecule has 0 radical (unpaired) electrons. The normalized spacial score (nSPS) is 11.7. The van der Waals surface area contributed by atoms with Gasteiger partial charge in [0.05, 0.1) is 26.4 Å². The number of ether oxygens (including phenoxy) is 3. The van der Waals surface area contributed by atoms with E-state index < -0.39 is 0 Å². The Bertz CT molecular complexity index is 1080. The Morgan fingerprint density at radius 2 is 0.855 bits per heavy atom. The Hall–Kier alpha value is -2.98. The summed E-state index contributed by atoms with van der Waals surface area (Å²) in [5.41, 5.74) is 0. The lowest BCUT2D eigenvalue weighted by molar-refractivity contribution is -0.144. The Morgan fingerprint density at radius 1 is 0.452 bits per heavy atom. The van der Waals surface area contributed by atoms with Gasteiger partial charge in [-0.1, -0.05) is 141 Å². The van der Waals surface area contributed by atoms with Gasteiger partial charge in [0.1, 0.15) is 0 Å². The van der Waals surface area contributed by atoms with Crippen molar-refractivity contribution in [1.29, 1.82) is 0 Å². The molecule has 0 aromatic carbocycles. The van der Waals surface area contributed by atoms with E-state index >= 15 is 0 Å². The predicted octanol–water partition coefficient (Wildman–Crippen LogP) is 12.0. The van der Waals surface area contributed by atoms with Gasteiger partial charge in [0, 0.05) is 51.2 Å². The second-order valence-corrected chi connectivity index (χ2v) is 17.2. The fourth-order valence-corrected chi connectivity index (χ4v) is 6.95. The van der Waals surface area contributed by atoms with E-state index in [0.29, 0.717) is 58.5 Å². The first-order chi connectivity index (χ1) is 30.3. The number of unbranched alkanes of at least 4 members (excludes halogenated alkanes) is 22. The highest BCUT2D eigenvalue weighted by atomic mass is 16.5. The summed E-state index contributed by atoms with van der Waals surface area (Å²) in [6.07, 6.45) is 45.0. The zero-order chi connectivity index (χ0) is 45.4. The second kappa shape index (κ2) is 47.5. The summed E-state index contributed by atoms with van der Waals surface area (Å²) < 4.78 is 16.5. The number of nitrogens with one attached hydrogen (secondary N) is 1. The van der Waals surface area contributed by atoms with Gasteiger partial charge in [-0.05, 0) is 91.1 Å². The number of amides is 2. The number of esters is 2. The summed E-state index contributed by atoms with van der Waals surface area (Å²) in [7, 11) is 3.94. The van der Waals surface area contributed by atoms with E-state index in [1.165, 1.54) is 128 Å². The molecule has 0 aliphatic heterocycles. The van der Waals surface area contributed by atoms with Crippen molar-refractivity contribution in [2.45, 2.75) is 206 Å². The number of nitrogens with zero attached hydrogens (tertiary/aromatic N) is 2. The Morgan fingerprint density at radius 3 is 1.27 bits per heavy atom. The van der Waals surface area contributed by atoms with Crippen molar-refractivity contribution in [2.75, 3.05) is 66.7 Å². The van der Waals surface area contributed by atoms with E-state index in [1.807, 2.05) is 19.0 Å². The zero-order valence-corrected chi connectivity index (χ0v) is 40.6. The molecule has 0 aromatic rings. The predicted molar refractivity (Wildman–Crippen MR) is 258 cm³/mol. The third-order valence-corrected chi connectivity index (χ3v) is 10.9. The van der Waals surface area contributed by atoms with Crippen LogP contribution in [0.25, 0.3) is 0 Å². The molecule has 0 fully saturated rings. The van der Waals surface area contributed by atoms with Gasteiger partial charge in [-0.25, -0.2) is 0 Å². The molecule has 0 heterocycles. The minimum atomic E-state index is -0.372. The molecule has 0 atom stereocenters. The number of rotatable bonds is 46. The van der Waals surface area contributed by atoms with E-state index in [4.69, 9.17) is 14.2 Å². The fraction of sp³-hybridized carbons (Fsp3) is 0.808. The molecule has 0 bridgehead atoms. The van der Waals surface area contributed by atoms with Crippen molar-refractivity contribution in [2.24, 2.45) is 0 Å². The maximum atomic E-state index is 13.1. The summed E-state index contributed by atoms with van der Waals surface area (Å²) in [5, 5.41) is 2.73. The molecule has 62 heavy (non-hydrogen) atoms. The van der Waals surface area contributed by atoms with E-state index in [-0.39, 0.29) is 37.0 Å². The average molecular weight is 874 g/mol. The van der Waals surface area contributed by atoms with Crippen LogP contribution in [0.3, 0.4) is 0 Å². The van der Waals surface area contributed by atoms with Crippen molar-refractivity contribution in [3.05, 3.63) is 36.5 Å². The number of hydrogen-bond donors (Lipinski definition) is 1. The molecule has 360 valence electrons. The van der Waals surface area contributed by atoms with Crippen LogP contribution in [-0.4, -0.2) is 100 Å². The molecule has 10 heteroatoms. The number of carbonyl (C=O) groups excluding carboxylic acids is 4. The number of carbonyl (C=O) groups is 4. The van der Waals surface area contributed by atoms with Crippen molar-refractivity contribution < 1.29 is 33.4 Å². The molecular weight excluding hydrogens is 779 g/mol. The smallest absolute Gasteiger partial charge is 0.305 e. The van der Waals surface area contributed by atoms with Crippen LogP contribution in [0.15, 0.2) is 36.5 Å². The fourth-order valence-electron chi connectivity index (χ4n) is 6.95. The first-order valence-corrected chi connectivity index (χ1v) is 25.4. The van der Waals surface area contributed by atoms with Gasteiger partial charge in [-0.3, -0.25) is 19.2 Å². The molecule has 10 nitrogen and oxygen atoms in total. The lowest BCUT2D eigenvalue weighted by Crippen LogP contribution is -2.33. The zero-order valence-electron chi connectivity index (χ0n) is 40.6. The highest BCUT2D eigenvalue weighted by molar-refractivity contribution is 5.96. The molecule has 0 aliphatic carbocycles. The van der Waals surface area contributed by atoms with E-state index in [0.717, 1.165) is 57.9 Å². The van der Waals surface area contributed by atoms with Gasteiger partial charge in [0.25, 0.3) is 0 Å². The first kappa shape index (κ1) is 59.0. The molecule has 0 aromatic heterocycles. The molecule has 0 spiro atoms. The van der Waals surface area contributed by atoms with Crippen LogP contribution in [0.4, 0.5) is 0 Å². The summed E-state index contributed by atoms with van der Waals surface area (Å²) in [6.45, 7) is 7.77. The molecule has 0 unspecified atom stereocenters. The number of likely N-dealkylation sites (N-methyl/N-ethyl adjacent to an activating group) is 1. The highest BCUT2D eigenvalue weighted by Crippen LogP contribution is 2.12. The molecule has 0 saturated carbocycles. The number of hydrogen-bond acceptors (Lipinski definition) is 8. The standard InChI is InChI=1S/C52H95N3O7/c1-5-7-9-11-13-15-17-19-21-23-25-27-29-31-33-37-51(58)61-45-35-42-55(50(57)40-39-49(56)53-41-47-60-48-44-54(3)4)43-36-46-62-52(59)38-34-32-30-28-26-24-22-20-18-16-14-12-10-8-6-2/h19-22,39-40H,5-18,23-38,41-48H2,1-4H3,(H,53,56)/b21-19-,22-20-,40-39?. The minimum absolute atomic E-state index is 0.207. The second-order valence-electron chi connectivity index (χ2n) is 17.2. The minimum Gasteiger partial charge on any atom is -0.466 e. The monoisotopic (exact) mass is 874 g/mol. The Kier molecular flexibility index (Phi) is 45.2. The van der Waals surface area contributed by atoms with E-state index in [1.54, 1.807) is 4.90 Å². The molecule has 1 N–H and O–H groups in total. The van der Waals surface area contributed by atoms with Crippen LogP contribution >= 0.6 is 0 Å². The van der Waals surface area contributed by atoms with Gasteiger partial charge < -0.3 is 29.3 Å². The lowest BCUT2D eigenvalue weighted by atomic mass is 10.1. The third-order valence-electron chi connectivity index (χ3n) is 10.9. The topological polar surface area (TPSA) is 114 Å². The van der Waals surface area contributed by atoms with Crippen molar-refractivity contribution in [3.63, 3.8) is 0 Å². The highest BCUT2D eigenvalue weighted by Gasteiger charge is 2.13. The summed E-state index contributed by atoms with van der Waals surface area (Å²) in [5.74, 6) is -1.10. The van der Waals surface area contributed by atoms with Crippen LogP contribution in [0, 0.1) is 0 Å². The Labute approximate surface area is 380 Å². The van der Waals surface area contributed by atoms with E-state index in [9.17, 15) is 19.2 Å². The van der Waals surface area contributed by atoms with Crippen LogP contribution in [0.2, 0.25) is 0 Å². The summed E-state index contributed by atoms with van der Waals surface area (Å²) in [6, 6.07) is 0. The van der Waals surface area contributed by atoms with Crippen molar-refractivity contribution in [3.8, 4) is 0 Å². The Balaban J connectivity index is 4.40. The van der Waals surface area contributed by atoms with E-state index in [2.05, 4.69) is 43.5 Å². The number of allylic oxidation sites excluding steroid dienone is 4. The average Bonchev–Trinajstić information content (AvgIpc) is 3.25. The summed E-state index contributed by atoms with van der Waals surface area (Å²) in [4.78, 5) is 53.8. The van der Waals surface area contributed by atoms with Gasteiger partial charge >= 0.3 is 11.9 Å². The molecule has 0 rings (SSSR count). The van der Waals surface area contributed by atoms with Gasteiger partial charge in [0.15, 0.2) is 0 Å². The van der Waals surface area contributed by atoms with Crippen LogP contribution < -0.4 is 5.32 Å². The van der Waals surface area contributed by atoms with Crippen molar-refractivity contribution in [1.82, 2.24) is 15.1 Å². The molecule has 0 saturated heterocycles. The molecule has 0 aliphatic rings. The molecule has 2 amide bonds. The SMILES string of the molecule is CCCCCCCC/C=C\CCCCCCCC(=O)OCCCN(CCCOC(=O)CCCCCCC/C=C\CCCCCCCC)C(=O)C=CC(=O)NCCOCCN(C)C. The maximum absolute atomic E-state index is 13.1. The lowest BCUT2D eigenvalue weighted by Gasteiger charge is -2.21. The van der Waals surface area contributed by atoms with Gasteiger partial charge in [-0.2, -0.15) is 0 Å². The summed E-state index contributed by atoms with van der Waals surface area (Å²) >= 11 is 0. The van der Waals surface area contributed by atoms with Crippen LogP contribution in [0.5, 0.6) is 0 Å². The first-order valence-electron chi connectivity index (χ1n) is 25.4. The quantitative estimate of drug-likeness (QED) is 0.0278. The largest absolute Gasteiger partial charge is 0.466 e. The van der Waals surface area contributed by atoms with Crippen LogP contribution in [-0.2, 0) is 33.4 Å². The molecular formula is C52H95N3O7. The van der Waals surface area contributed by atoms with Crippen LogP contribution in [0.1, 0.15) is 206 Å². The van der Waals surface area contributed by atoms with Crippen molar-refractivity contribution >= 4 is 23.8 Å². The third kappa shape index (κ3) is 45.1.